The Hall–Kier alpha value is -2.63. The van der Waals surface area contributed by atoms with Gasteiger partial charge in [0.2, 0.25) is 5.56 Å². The average molecular weight is 314 g/mol. The van der Waals surface area contributed by atoms with Gasteiger partial charge in [0.15, 0.2) is 0 Å². The molecule has 1 heterocycles. The number of aromatic nitrogens is 1. The van der Waals surface area contributed by atoms with Gasteiger partial charge in [-0.3, -0.25) is 14.4 Å². The molecule has 1 aromatic heterocycles. The Kier molecular flexibility index (Phi) is 3.90. The minimum atomic E-state index is -0.931. The number of H-pyrrole nitrogens is 1. The van der Waals surface area contributed by atoms with Crippen molar-refractivity contribution in [1.29, 1.82) is 0 Å². The normalized spacial score (nSPS) is 15.3. The van der Waals surface area contributed by atoms with Crippen molar-refractivity contribution in [2.45, 2.75) is 25.8 Å². The van der Waals surface area contributed by atoms with Crippen molar-refractivity contribution in [1.82, 2.24) is 9.88 Å². The van der Waals surface area contributed by atoms with E-state index in [1.807, 2.05) is 0 Å². The summed E-state index contributed by atoms with van der Waals surface area (Å²) in [5.74, 6) is -1.85. The van der Waals surface area contributed by atoms with Crippen LogP contribution in [0.1, 0.15) is 30.1 Å². The van der Waals surface area contributed by atoms with E-state index in [2.05, 4.69) is 4.98 Å². The number of aliphatic carboxylic acids is 1. The van der Waals surface area contributed by atoms with Crippen LogP contribution in [0.3, 0.4) is 0 Å². The maximum Gasteiger partial charge on any atom is 0.308 e. The quantitative estimate of drug-likeness (QED) is 0.881. The SMILES string of the molecule is CC(CN(C(=O)c1cc(=O)[nH]c2ccccc12)C1CC1)C(=O)O. The lowest BCUT2D eigenvalue weighted by Gasteiger charge is -2.25. The molecule has 2 N–H and O–H groups in total. The number of nitrogens with zero attached hydrogens (tertiary/aromatic N) is 1. The molecule has 23 heavy (non-hydrogen) atoms. The first-order valence-corrected chi connectivity index (χ1v) is 7.63. The molecule has 1 amide bonds. The molecule has 1 aliphatic carbocycles. The lowest BCUT2D eigenvalue weighted by atomic mass is 10.1. The molecule has 0 radical (unpaired) electrons. The van der Waals surface area contributed by atoms with Crippen molar-refractivity contribution in [2.24, 2.45) is 5.92 Å². The average Bonchev–Trinajstić information content (AvgIpc) is 3.35. The lowest BCUT2D eigenvalue weighted by molar-refractivity contribution is -0.141. The topological polar surface area (TPSA) is 90.5 Å². The highest BCUT2D eigenvalue weighted by atomic mass is 16.4. The van der Waals surface area contributed by atoms with Crippen LogP contribution in [0.5, 0.6) is 0 Å². The van der Waals surface area contributed by atoms with Gasteiger partial charge in [0.1, 0.15) is 0 Å². The summed E-state index contributed by atoms with van der Waals surface area (Å²) < 4.78 is 0. The van der Waals surface area contributed by atoms with Crippen LogP contribution in [0.15, 0.2) is 35.1 Å². The summed E-state index contributed by atoms with van der Waals surface area (Å²) in [5, 5.41) is 9.78. The Morgan fingerprint density at radius 3 is 2.70 bits per heavy atom. The monoisotopic (exact) mass is 314 g/mol. The molecular formula is C17H18N2O4. The Morgan fingerprint density at radius 1 is 1.35 bits per heavy atom. The van der Waals surface area contributed by atoms with Crippen LogP contribution in [0.25, 0.3) is 10.9 Å². The van der Waals surface area contributed by atoms with Crippen LogP contribution in [0.4, 0.5) is 0 Å². The number of amides is 1. The molecule has 1 unspecified atom stereocenters. The fourth-order valence-corrected chi connectivity index (χ4v) is 2.69. The van der Waals surface area contributed by atoms with Crippen molar-refractivity contribution in [3.05, 3.63) is 46.2 Å². The second kappa shape index (κ2) is 5.87. The van der Waals surface area contributed by atoms with Crippen molar-refractivity contribution in [2.75, 3.05) is 6.54 Å². The first-order valence-electron chi connectivity index (χ1n) is 7.63. The molecule has 3 rings (SSSR count). The van der Waals surface area contributed by atoms with Crippen LogP contribution in [-0.2, 0) is 4.79 Å². The molecule has 6 heteroatoms. The van der Waals surface area contributed by atoms with Gasteiger partial charge in [-0.25, -0.2) is 0 Å². The van der Waals surface area contributed by atoms with E-state index in [0.29, 0.717) is 16.5 Å². The van der Waals surface area contributed by atoms with Gasteiger partial charge in [0.25, 0.3) is 5.91 Å². The van der Waals surface area contributed by atoms with Crippen LogP contribution in [0, 0.1) is 5.92 Å². The maximum absolute atomic E-state index is 12.9. The van der Waals surface area contributed by atoms with Crippen LogP contribution in [0.2, 0.25) is 0 Å². The molecular weight excluding hydrogens is 296 g/mol. The summed E-state index contributed by atoms with van der Waals surface area (Å²) in [6.07, 6.45) is 1.75. The Balaban J connectivity index is 2.00. The fraction of sp³-hybridized carbons (Fsp3) is 0.353. The van der Waals surface area contributed by atoms with Gasteiger partial charge in [-0.1, -0.05) is 25.1 Å². The van der Waals surface area contributed by atoms with E-state index in [9.17, 15) is 14.4 Å². The van der Waals surface area contributed by atoms with Gasteiger partial charge >= 0.3 is 5.97 Å². The highest BCUT2D eigenvalue weighted by molar-refractivity contribution is 6.06. The molecule has 6 nitrogen and oxygen atoms in total. The molecule has 120 valence electrons. The summed E-state index contributed by atoms with van der Waals surface area (Å²) in [6, 6.07) is 8.49. The zero-order valence-corrected chi connectivity index (χ0v) is 12.8. The van der Waals surface area contributed by atoms with Gasteiger partial charge in [-0.2, -0.15) is 0 Å². The number of carbonyl (C=O) groups excluding carboxylic acids is 1. The van der Waals surface area contributed by atoms with E-state index in [1.165, 1.54) is 6.07 Å². The van der Waals surface area contributed by atoms with E-state index in [1.54, 1.807) is 36.1 Å². The molecule has 1 aromatic carbocycles. The fourth-order valence-electron chi connectivity index (χ4n) is 2.69. The third kappa shape index (κ3) is 3.11. The smallest absolute Gasteiger partial charge is 0.308 e. The van der Waals surface area contributed by atoms with E-state index < -0.39 is 11.9 Å². The predicted molar refractivity (Wildman–Crippen MR) is 85.4 cm³/mol. The number of rotatable bonds is 5. The second-order valence-electron chi connectivity index (χ2n) is 6.02. The number of fused-ring (bicyclic) bond motifs is 1. The molecule has 0 bridgehead atoms. The van der Waals surface area contributed by atoms with E-state index >= 15 is 0 Å². The number of carboxylic acid groups (broad SMARTS) is 1. The summed E-state index contributed by atoms with van der Waals surface area (Å²) >= 11 is 0. The maximum atomic E-state index is 12.9. The summed E-state index contributed by atoms with van der Waals surface area (Å²) in [5.41, 5.74) is 0.591. The highest BCUT2D eigenvalue weighted by Crippen LogP contribution is 2.30. The third-order valence-electron chi connectivity index (χ3n) is 4.12. The van der Waals surface area contributed by atoms with Gasteiger partial charge in [-0.05, 0) is 18.9 Å². The highest BCUT2D eigenvalue weighted by Gasteiger charge is 2.35. The van der Waals surface area contributed by atoms with Crippen molar-refractivity contribution in [3.8, 4) is 0 Å². The van der Waals surface area contributed by atoms with Crippen molar-refractivity contribution >= 4 is 22.8 Å². The molecule has 1 atom stereocenters. The van der Waals surface area contributed by atoms with Crippen LogP contribution in [-0.4, -0.2) is 39.5 Å². The summed E-state index contributed by atoms with van der Waals surface area (Å²) in [4.78, 5) is 40.2. The van der Waals surface area contributed by atoms with Crippen molar-refractivity contribution in [3.63, 3.8) is 0 Å². The third-order valence-corrected chi connectivity index (χ3v) is 4.12. The number of para-hydroxylation sites is 1. The number of pyridine rings is 1. The Bertz CT molecular complexity index is 823. The zero-order chi connectivity index (χ0) is 16.6. The number of benzene rings is 1. The molecule has 0 spiro atoms. The van der Waals surface area contributed by atoms with Crippen LogP contribution >= 0.6 is 0 Å². The first-order chi connectivity index (χ1) is 11.0. The number of hydrogen-bond donors (Lipinski definition) is 2. The van der Waals surface area contributed by atoms with Gasteiger partial charge in [-0.15, -0.1) is 0 Å². The minimum absolute atomic E-state index is 0.0716. The Labute approximate surface area is 132 Å². The number of carbonyl (C=O) groups is 2. The van der Waals surface area contributed by atoms with E-state index in [4.69, 9.17) is 5.11 Å². The predicted octanol–water partition coefficient (Wildman–Crippen LogP) is 1.85. The number of aromatic amines is 1. The molecule has 1 saturated carbocycles. The van der Waals surface area contributed by atoms with Gasteiger partial charge in [0, 0.05) is 29.6 Å². The van der Waals surface area contributed by atoms with Gasteiger partial charge < -0.3 is 15.0 Å². The van der Waals surface area contributed by atoms with Crippen molar-refractivity contribution < 1.29 is 14.7 Å². The van der Waals surface area contributed by atoms with Crippen LogP contribution < -0.4 is 5.56 Å². The molecule has 0 aliphatic heterocycles. The minimum Gasteiger partial charge on any atom is -0.481 e. The first kappa shape index (κ1) is 15.3. The summed E-state index contributed by atoms with van der Waals surface area (Å²) in [7, 11) is 0. The largest absolute Gasteiger partial charge is 0.481 e. The zero-order valence-electron chi connectivity index (χ0n) is 12.8. The summed E-state index contributed by atoms with van der Waals surface area (Å²) in [6.45, 7) is 1.74. The Morgan fingerprint density at radius 2 is 2.04 bits per heavy atom. The van der Waals surface area contributed by atoms with E-state index in [-0.39, 0.29) is 24.1 Å². The number of nitrogens with one attached hydrogen (secondary N) is 1. The molecule has 2 aromatic rings. The number of carboxylic acids is 1. The molecule has 0 saturated heterocycles. The standard InChI is InChI=1S/C17H18N2O4/c1-10(17(22)23)9-19(11-6-7-11)16(21)13-8-15(20)18-14-5-3-2-4-12(13)14/h2-5,8,10-11H,6-7,9H2,1H3,(H,18,20)(H,22,23). The van der Waals surface area contributed by atoms with E-state index in [0.717, 1.165) is 12.8 Å². The number of hydrogen-bond acceptors (Lipinski definition) is 3. The molecule has 1 aliphatic rings. The molecule has 1 fully saturated rings. The van der Waals surface area contributed by atoms with Gasteiger partial charge in [0.05, 0.1) is 11.5 Å². The lowest BCUT2D eigenvalue weighted by Crippen LogP contribution is -2.39. The second-order valence-corrected chi connectivity index (χ2v) is 6.02.